The van der Waals surface area contributed by atoms with Gasteiger partial charge < -0.3 is 20.3 Å². The summed E-state index contributed by atoms with van der Waals surface area (Å²) in [5.41, 5.74) is 1.18. The van der Waals surface area contributed by atoms with Crippen LogP contribution in [0.1, 0.15) is 52.5 Å². The molecule has 0 fully saturated rings. The molecular formula is C23H39N3O3. The third kappa shape index (κ3) is 8.44. The van der Waals surface area contributed by atoms with Crippen molar-refractivity contribution in [2.45, 2.75) is 59.4 Å². The predicted octanol–water partition coefficient (Wildman–Crippen LogP) is 3.01. The molecule has 0 aliphatic heterocycles. The fourth-order valence-electron chi connectivity index (χ4n) is 3.38. The molecule has 1 rings (SSSR count). The van der Waals surface area contributed by atoms with Gasteiger partial charge >= 0.3 is 0 Å². The van der Waals surface area contributed by atoms with Gasteiger partial charge in [0.15, 0.2) is 0 Å². The molecule has 2 N–H and O–H groups in total. The highest BCUT2D eigenvalue weighted by atomic mass is 16.5. The minimum Gasteiger partial charge on any atom is -0.492 e. The molecule has 0 bridgehead atoms. The lowest BCUT2D eigenvalue weighted by Gasteiger charge is -2.29. The number of carbonyl (C=O) groups is 2. The molecule has 1 aromatic rings. The number of amides is 2. The van der Waals surface area contributed by atoms with Crippen molar-refractivity contribution in [2.24, 2.45) is 5.92 Å². The van der Waals surface area contributed by atoms with Crippen molar-refractivity contribution in [1.29, 1.82) is 0 Å². The number of nitrogens with zero attached hydrogens (tertiary/aromatic N) is 1. The molecule has 0 saturated carbocycles. The van der Waals surface area contributed by atoms with Crippen molar-refractivity contribution in [3.05, 3.63) is 29.8 Å². The molecular weight excluding hydrogens is 366 g/mol. The number of hydrogen-bond donors (Lipinski definition) is 2. The lowest BCUT2D eigenvalue weighted by Crippen LogP contribution is -2.52. The van der Waals surface area contributed by atoms with Crippen molar-refractivity contribution in [2.75, 3.05) is 33.3 Å². The van der Waals surface area contributed by atoms with Gasteiger partial charge in [-0.2, -0.15) is 0 Å². The molecule has 29 heavy (non-hydrogen) atoms. The highest BCUT2D eigenvalue weighted by Gasteiger charge is 2.28. The zero-order valence-electron chi connectivity index (χ0n) is 18.8. The van der Waals surface area contributed by atoms with Gasteiger partial charge in [-0.05, 0) is 30.4 Å². The summed E-state index contributed by atoms with van der Waals surface area (Å²) in [4.78, 5) is 26.5. The van der Waals surface area contributed by atoms with Crippen LogP contribution in [0.25, 0.3) is 0 Å². The molecule has 1 unspecified atom stereocenters. The van der Waals surface area contributed by atoms with Gasteiger partial charge in [-0.1, -0.05) is 58.7 Å². The lowest BCUT2D eigenvalue weighted by molar-refractivity contribution is -0.137. The molecule has 164 valence electrons. The van der Waals surface area contributed by atoms with E-state index in [1.807, 2.05) is 25.1 Å². The predicted molar refractivity (Wildman–Crippen MR) is 118 cm³/mol. The summed E-state index contributed by atoms with van der Waals surface area (Å²) in [7, 11) is 1.69. The highest BCUT2D eigenvalue weighted by Crippen LogP contribution is 2.18. The van der Waals surface area contributed by atoms with Crippen molar-refractivity contribution >= 4 is 11.8 Å². The first-order valence-electron chi connectivity index (χ1n) is 10.9. The molecule has 0 aliphatic rings. The molecule has 0 saturated heterocycles. The molecule has 0 heterocycles. The Bertz CT molecular complexity index is 617. The van der Waals surface area contributed by atoms with Gasteiger partial charge in [-0.15, -0.1) is 0 Å². The Balaban J connectivity index is 2.65. The van der Waals surface area contributed by atoms with Crippen molar-refractivity contribution in [3.63, 3.8) is 0 Å². The number of likely N-dealkylation sites (N-methyl/N-ethyl adjacent to an activating group) is 1. The van der Waals surface area contributed by atoms with Gasteiger partial charge in [0.1, 0.15) is 12.4 Å². The van der Waals surface area contributed by atoms with Crippen LogP contribution in [0.2, 0.25) is 0 Å². The van der Waals surface area contributed by atoms with E-state index in [0.29, 0.717) is 19.7 Å². The summed E-state index contributed by atoms with van der Waals surface area (Å²) in [6, 6.07) is 7.71. The number of rotatable bonds is 14. The Morgan fingerprint density at radius 2 is 1.76 bits per heavy atom. The zero-order valence-corrected chi connectivity index (χ0v) is 18.8. The van der Waals surface area contributed by atoms with E-state index in [4.69, 9.17) is 4.74 Å². The largest absolute Gasteiger partial charge is 0.492 e. The first-order chi connectivity index (χ1) is 14.0. The Morgan fingerprint density at radius 1 is 1.07 bits per heavy atom. The van der Waals surface area contributed by atoms with Gasteiger partial charge in [0.2, 0.25) is 11.8 Å². The Kier molecular flexibility index (Phi) is 12.0. The first-order valence-corrected chi connectivity index (χ1v) is 10.9. The molecule has 0 aromatic heterocycles. The average Bonchev–Trinajstić information content (AvgIpc) is 2.74. The summed E-state index contributed by atoms with van der Waals surface area (Å²) in [6.07, 6.45) is 3.59. The second-order valence-electron chi connectivity index (χ2n) is 7.36. The maximum atomic E-state index is 13.0. The second-order valence-corrected chi connectivity index (χ2v) is 7.36. The Labute approximate surface area is 176 Å². The topological polar surface area (TPSA) is 70.7 Å². The van der Waals surface area contributed by atoms with Crippen LogP contribution in [-0.4, -0.2) is 56.0 Å². The van der Waals surface area contributed by atoms with Gasteiger partial charge in [0, 0.05) is 20.1 Å². The zero-order chi connectivity index (χ0) is 21.6. The third-order valence-electron chi connectivity index (χ3n) is 5.19. The normalized spacial score (nSPS) is 11.9. The number of ether oxygens (including phenoxy) is 1. The molecule has 1 aromatic carbocycles. The van der Waals surface area contributed by atoms with Gasteiger partial charge in [0.25, 0.3) is 0 Å². The molecule has 2 amide bonds. The van der Waals surface area contributed by atoms with Crippen LogP contribution in [-0.2, 0) is 16.0 Å². The minimum absolute atomic E-state index is 0.0423. The molecule has 0 radical (unpaired) electrons. The smallest absolute Gasteiger partial charge is 0.240 e. The molecule has 0 spiro atoms. The number of carbonyl (C=O) groups excluding carboxylic acids is 2. The van der Waals surface area contributed by atoms with E-state index in [-0.39, 0.29) is 30.3 Å². The number of benzene rings is 1. The highest BCUT2D eigenvalue weighted by molar-refractivity contribution is 5.87. The van der Waals surface area contributed by atoms with Crippen LogP contribution in [0.3, 0.4) is 0 Å². The maximum Gasteiger partial charge on any atom is 0.240 e. The van der Waals surface area contributed by atoms with Crippen LogP contribution < -0.4 is 15.4 Å². The van der Waals surface area contributed by atoms with E-state index in [1.54, 1.807) is 7.05 Å². The standard InChI is InChI=1S/C23H39N3O3/c1-6-14-24-21(27)17-26(5)23(28)22(18(7-2)8-3)25-15-16-29-20-13-11-10-12-19(20)9-4/h10-13,18,22,25H,6-9,14-17H2,1-5H3,(H,24,27). The van der Waals surface area contributed by atoms with E-state index in [1.165, 1.54) is 10.5 Å². The lowest BCUT2D eigenvalue weighted by atomic mass is 9.93. The van der Waals surface area contributed by atoms with E-state index in [0.717, 1.165) is 31.4 Å². The third-order valence-corrected chi connectivity index (χ3v) is 5.19. The van der Waals surface area contributed by atoms with Gasteiger partial charge in [-0.25, -0.2) is 0 Å². The Hall–Kier alpha value is -2.08. The molecule has 1 atom stereocenters. The van der Waals surface area contributed by atoms with Crippen LogP contribution >= 0.6 is 0 Å². The summed E-state index contributed by atoms with van der Waals surface area (Å²) in [5, 5.41) is 6.20. The number of nitrogens with one attached hydrogen (secondary N) is 2. The number of aryl methyl sites for hydroxylation is 1. The van der Waals surface area contributed by atoms with Crippen molar-refractivity contribution in [1.82, 2.24) is 15.5 Å². The molecule has 6 heteroatoms. The van der Waals surface area contributed by atoms with E-state index >= 15 is 0 Å². The van der Waals surface area contributed by atoms with Crippen LogP contribution in [0.4, 0.5) is 0 Å². The van der Waals surface area contributed by atoms with Gasteiger partial charge in [-0.3, -0.25) is 9.59 Å². The average molecular weight is 406 g/mol. The van der Waals surface area contributed by atoms with Crippen molar-refractivity contribution in [3.8, 4) is 5.75 Å². The van der Waals surface area contributed by atoms with Crippen LogP contribution in [0.15, 0.2) is 24.3 Å². The second kappa shape index (κ2) is 14.0. The van der Waals surface area contributed by atoms with E-state index in [2.05, 4.69) is 37.5 Å². The Morgan fingerprint density at radius 3 is 2.38 bits per heavy atom. The quantitative estimate of drug-likeness (QED) is 0.467. The van der Waals surface area contributed by atoms with Gasteiger partial charge in [0.05, 0.1) is 12.6 Å². The number of hydrogen-bond acceptors (Lipinski definition) is 4. The summed E-state index contributed by atoms with van der Waals surface area (Å²) < 4.78 is 5.92. The summed E-state index contributed by atoms with van der Waals surface area (Å²) >= 11 is 0. The van der Waals surface area contributed by atoms with Crippen LogP contribution in [0, 0.1) is 5.92 Å². The van der Waals surface area contributed by atoms with E-state index < -0.39 is 0 Å². The number of para-hydroxylation sites is 1. The minimum atomic E-state index is -0.320. The first kappa shape index (κ1) is 25.0. The van der Waals surface area contributed by atoms with Crippen molar-refractivity contribution < 1.29 is 14.3 Å². The fraction of sp³-hybridized carbons (Fsp3) is 0.652. The molecule has 6 nitrogen and oxygen atoms in total. The monoisotopic (exact) mass is 405 g/mol. The SMILES string of the molecule is CCCNC(=O)CN(C)C(=O)C(NCCOc1ccccc1CC)C(CC)CC. The van der Waals surface area contributed by atoms with Crippen LogP contribution in [0.5, 0.6) is 5.75 Å². The maximum absolute atomic E-state index is 13.0. The molecule has 0 aliphatic carbocycles. The van der Waals surface area contributed by atoms with E-state index in [9.17, 15) is 9.59 Å². The fourth-order valence-corrected chi connectivity index (χ4v) is 3.38. The summed E-state index contributed by atoms with van der Waals surface area (Å²) in [5.74, 6) is 0.948. The summed E-state index contributed by atoms with van der Waals surface area (Å²) in [6.45, 7) is 10.1.